The molecule has 0 N–H and O–H groups in total. The lowest BCUT2D eigenvalue weighted by molar-refractivity contribution is 0.589. The van der Waals surface area contributed by atoms with Crippen molar-refractivity contribution in [3.8, 4) is 0 Å². The highest BCUT2D eigenvalue weighted by Gasteiger charge is 2.33. The lowest BCUT2D eigenvalue weighted by atomic mass is 9.74. The number of fused-ring (bicyclic) bond motifs is 2. The minimum absolute atomic E-state index is 0.0258. The first-order valence-electron chi connectivity index (χ1n) is 7.15. The molecule has 0 radical (unpaired) electrons. The van der Waals surface area contributed by atoms with Crippen molar-refractivity contribution in [1.82, 2.24) is 0 Å². The van der Waals surface area contributed by atoms with Gasteiger partial charge in [0.15, 0.2) is 0 Å². The Morgan fingerprint density at radius 1 is 0.905 bits per heavy atom. The van der Waals surface area contributed by atoms with Crippen LogP contribution in [0.2, 0.25) is 0 Å². The first-order valence-corrected chi connectivity index (χ1v) is 8.37. The number of rotatable bonds is 2. The molecule has 3 aromatic rings. The molecule has 0 spiro atoms. The van der Waals surface area contributed by atoms with E-state index in [1.807, 2.05) is 0 Å². The molecule has 1 aliphatic rings. The van der Waals surface area contributed by atoms with Crippen molar-refractivity contribution in [2.24, 2.45) is 0 Å². The highest BCUT2D eigenvalue weighted by atomic mass is 79.9. The fourth-order valence-electron chi connectivity index (χ4n) is 3.30. The summed E-state index contributed by atoms with van der Waals surface area (Å²) in [6.45, 7) is 0. The lowest BCUT2D eigenvalue weighted by Crippen LogP contribution is -2.21. The number of benzene rings is 3. The molecular formula is C19H14BrCl. The van der Waals surface area contributed by atoms with Crippen LogP contribution in [0.4, 0.5) is 0 Å². The van der Waals surface area contributed by atoms with E-state index >= 15 is 0 Å². The van der Waals surface area contributed by atoms with Crippen LogP contribution in [0.1, 0.15) is 28.0 Å². The Kier molecular flexibility index (Phi) is 3.28. The van der Waals surface area contributed by atoms with Crippen LogP contribution in [0.5, 0.6) is 0 Å². The van der Waals surface area contributed by atoms with Gasteiger partial charge >= 0.3 is 0 Å². The predicted molar refractivity (Wildman–Crippen MR) is 93.1 cm³/mol. The molecule has 104 valence electrons. The smallest absolute Gasteiger partial charge is 0.0663 e. The Hall–Kier alpha value is -1.31. The second-order valence-electron chi connectivity index (χ2n) is 5.59. The normalized spacial score (nSPS) is 18.1. The van der Waals surface area contributed by atoms with Crippen LogP contribution < -0.4 is 0 Å². The van der Waals surface area contributed by atoms with Crippen molar-refractivity contribution in [3.05, 3.63) is 81.8 Å². The summed E-state index contributed by atoms with van der Waals surface area (Å²) in [4.78, 5) is 0. The molecule has 21 heavy (non-hydrogen) atoms. The van der Waals surface area contributed by atoms with Crippen LogP contribution in [-0.2, 0) is 6.42 Å². The summed E-state index contributed by atoms with van der Waals surface area (Å²) in [5, 5.41) is 2.50. The van der Waals surface area contributed by atoms with Crippen LogP contribution >= 0.6 is 27.5 Å². The average Bonchev–Trinajstić information content (AvgIpc) is 2.49. The Balaban J connectivity index is 1.80. The number of alkyl halides is 1. The standard InChI is InChI=1S/C19H14BrCl/c20-18-10-9-16(14-7-3-4-8-15(14)18)19(21)17-11-12-5-1-2-6-13(12)17/h1-10,17,19H,11H2. The molecule has 1 aliphatic carbocycles. The van der Waals surface area contributed by atoms with E-state index in [1.54, 1.807) is 0 Å². The molecule has 0 saturated carbocycles. The molecule has 0 bridgehead atoms. The Morgan fingerprint density at radius 2 is 1.62 bits per heavy atom. The van der Waals surface area contributed by atoms with Gasteiger partial charge in [0.1, 0.15) is 0 Å². The van der Waals surface area contributed by atoms with Gasteiger partial charge in [0.25, 0.3) is 0 Å². The van der Waals surface area contributed by atoms with Gasteiger partial charge < -0.3 is 0 Å². The highest BCUT2D eigenvalue weighted by Crippen LogP contribution is 2.48. The van der Waals surface area contributed by atoms with E-state index in [9.17, 15) is 0 Å². The fourth-order valence-corrected chi connectivity index (χ4v) is 4.19. The topological polar surface area (TPSA) is 0 Å². The van der Waals surface area contributed by atoms with E-state index in [4.69, 9.17) is 11.6 Å². The zero-order valence-electron chi connectivity index (χ0n) is 11.4. The lowest BCUT2D eigenvalue weighted by Gasteiger charge is -2.34. The van der Waals surface area contributed by atoms with Crippen LogP contribution in [0, 0.1) is 0 Å². The summed E-state index contributed by atoms with van der Waals surface area (Å²) in [5.74, 6) is 0.424. The third kappa shape index (κ3) is 2.11. The molecule has 4 rings (SSSR count). The molecule has 2 unspecified atom stereocenters. The van der Waals surface area contributed by atoms with Crippen molar-refractivity contribution >= 4 is 38.3 Å². The molecule has 0 aliphatic heterocycles. The van der Waals surface area contributed by atoms with E-state index in [1.165, 1.54) is 27.5 Å². The molecule has 0 fully saturated rings. The van der Waals surface area contributed by atoms with Gasteiger partial charge in [0.05, 0.1) is 5.38 Å². The fraction of sp³-hybridized carbons (Fsp3) is 0.158. The van der Waals surface area contributed by atoms with Gasteiger partial charge in [-0.25, -0.2) is 0 Å². The van der Waals surface area contributed by atoms with Crippen molar-refractivity contribution in [2.75, 3.05) is 0 Å². The van der Waals surface area contributed by atoms with Crippen LogP contribution in [0.3, 0.4) is 0 Å². The van der Waals surface area contributed by atoms with Gasteiger partial charge in [-0.1, -0.05) is 70.5 Å². The molecule has 0 saturated heterocycles. The third-order valence-electron chi connectivity index (χ3n) is 4.45. The third-order valence-corrected chi connectivity index (χ3v) is 5.68. The summed E-state index contributed by atoms with van der Waals surface area (Å²) >= 11 is 10.5. The van der Waals surface area contributed by atoms with E-state index in [0.29, 0.717) is 5.92 Å². The molecule has 3 aromatic carbocycles. The van der Waals surface area contributed by atoms with Crippen LogP contribution in [0.15, 0.2) is 65.1 Å². The van der Waals surface area contributed by atoms with E-state index in [-0.39, 0.29) is 5.38 Å². The molecule has 2 heteroatoms. The maximum Gasteiger partial charge on any atom is 0.0663 e. The molecule has 0 heterocycles. The highest BCUT2D eigenvalue weighted by molar-refractivity contribution is 9.10. The van der Waals surface area contributed by atoms with E-state index < -0.39 is 0 Å². The predicted octanol–water partition coefficient (Wildman–Crippen LogP) is 6.22. The van der Waals surface area contributed by atoms with Gasteiger partial charge in [0, 0.05) is 10.4 Å². The van der Waals surface area contributed by atoms with Crippen LogP contribution in [-0.4, -0.2) is 0 Å². The summed E-state index contributed by atoms with van der Waals surface area (Å²) in [6, 6.07) is 21.3. The molecule has 0 nitrogen and oxygen atoms in total. The molecular weight excluding hydrogens is 344 g/mol. The summed E-state index contributed by atoms with van der Waals surface area (Å²) in [5.41, 5.74) is 4.08. The Labute approximate surface area is 137 Å². The zero-order valence-corrected chi connectivity index (χ0v) is 13.7. The number of hydrogen-bond donors (Lipinski definition) is 0. The maximum atomic E-state index is 6.85. The van der Waals surface area contributed by atoms with Gasteiger partial charge in [-0.3, -0.25) is 0 Å². The van der Waals surface area contributed by atoms with Crippen molar-refractivity contribution in [3.63, 3.8) is 0 Å². The SMILES string of the molecule is ClC(c1ccc(Br)c2ccccc12)C1Cc2ccccc21. The maximum absolute atomic E-state index is 6.85. The molecule has 2 atom stereocenters. The largest absolute Gasteiger partial charge is 0.117 e. The minimum Gasteiger partial charge on any atom is -0.117 e. The van der Waals surface area contributed by atoms with Crippen molar-refractivity contribution in [2.45, 2.75) is 17.7 Å². The number of hydrogen-bond acceptors (Lipinski definition) is 0. The Bertz CT molecular complexity index is 825. The van der Waals surface area contributed by atoms with E-state index in [2.05, 4.69) is 76.6 Å². The second kappa shape index (κ2) is 5.15. The summed E-state index contributed by atoms with van der Waals surface area (Å²) in [7, 11) is 0. The van der Waals surface area contributed by atoms with Gasteiger partial charge in [-0.2, -0.15) is 0 Å². The summed E-state index contributed by atoms with van der Waals surface area (Å²) < 4.78 is 1.12. The molecule has 0 amide bonds. The van der Waals surface area contributed by atoms with Crippen molar-refractivity contribution < 1.29 is 0 Å². The van der Waals surface area contributed by atoms with Crippen LogP contribution in [0.25, 0.3) is 10.8 Å². The van der Waals surface area contributed by atoms with Gasteiger partial charge in [-0.15, -0.1) is 11.6 Å². The molecule has 0 aromatic heterocycles. The van der Waals surface area contributed by atoms with E-state index in [0.717, 1.165) is 10.9 Å². The zero-order chi connectivity index (χ0) is 14.4. The first-order chi connectivity index (χ1) is 10.3. The van der Waals surface area contributed by atoms with Crippen molar-refractivity contribution in [1.29, 1.82) is 0 Å². The number of halogens is 2. The van der Waals surface area contributed by atoms with Gasteiger partial charge in [-0.05, 0) is 39.9 Å². The second-order valence-corrected chi connectivity index (χ2v) is 6.92. The Morgan fingerprint density at radius 3 is 2.43 bits per heavy atom. The summed E-state index contributed by atoms with van der Waals surface area (Å²) in [6.07, 6.45) is 1.08. The monoisotopic (exact) mass is 356 g/mol. The average molecular weight is 358 g/mol. The quantitative estimate of drug-likeness (QED) is 0.477. The minimum atomic E-state index is 0.0258. The first kappa shape index (κ1) is 13.4. The van der Waals surface area contributed by atoms with Gasteiger partial charge in [0.2, 0.25) is 0 Å².